The zero-order chi connectivity index (χ0) is 14.8. The SMILES string of the molecule is CCc1cccc2c(CN3CCC(C(C)N)CC3)c[nH]c12. The van der Waals surface area contributed by atoms with E-state index in [2.05, 4.69) is 48.1 Å². The Morgan fingerprint density at radius 3 is 2.71 bits per heavy atom. The molecule has 3 N–H and O–H groups in total. The fourth-order valence-corrected chi connectivity index (χ4v) is 3.58. The lowest BCUT2D eigenvalue weighted by molar-refractivity contribution is 0.166. The van der Waals surface area contributed by atoms with Crippen molar-refractivity contribution in [3.8, 4) is 0 Å². The van der Waals surface area contributed by atoms with E-state index < -0.39 is 0 Å². The first kappa shape index (κ1) is 14.6. The van der Waals surface area contributed by atoms with Crippen LogP contribution in [0.1, 0.15) is 37.8 Å². The molecule has 3 heteroatoms. The summed E-state index contributed by atoms with van der Waals surface area (Å²) < 4.78 is 0. The summed E-state index contributed by atoms with van der Waals surface area (Å²) in [6.45, 7) is 7.76. The Hall–Kier alpha value is -1.32. The fraction of sp³-hybridized carbons (Fsp3) is 0.556. The largest absolute Gasteiger partial charge is 0.361 e. The van der Waals surface area contributed by atoms with E-state index in [-0.39, 0.29) is 0 Å². The van der Waals surface area contributed by atoms with Gasteiger partial charge in [0.15, 0.2) is 0 Å². The van der Waals surface area contributed by atoms with Gasteiger partial charge in [-0.3, -0.25) is 4.90 Å². The second kappa shape index (κ2) is 6.20. The molecule has 2 aromatic rings. The zero-order valence-corrected chi connectivity index (χ0v) is 13.2. The molecule has 1 fully saturated rings. The number of piperidine rings is 1. The van der Waals surface area contributed by atoms with E-state index in [0.29, 0.717) is 12.0 Å². The number of hydrogen-bond acceptors (Lipinski definition) is 2. The molecule has 1 atom stereocenters. The van der Waals surface area contributed by atoms with Crippen LogP contribution < -0.4 is 5.73 Å². The third kappa shape index (κ3) is 2.99. The smallest absolute Gasteiger partial charge is 0.0489 e. The molecule has 1 aromatic heterocycles. The van der Waals surface area contributed by atoms with Crippen LogP contribution in [0.3, 0.4) is 0 Å². The Kier molecular flexibility index (Phi) is 4.32. The van der Waals surface area contributed by atoms with Gasteiger partial charge in [-0.15, -0.1) is 0 Å². The molecule has 0 amide bonds. The maximum atomic E-state index is 6.03. The van der Waals surface area contributed by atoms with Crippen LogP contribution in [0, 0.1) is 5.92 Å². The number of nitrogens with one attached hydrogen (secondary N) is 1. The van der Waals surface area contributed by atoms with Gasteiger partial charge in [0.1, 0.15) is 0 Å². The summed E-state index contributed by atoms with van der Waals surface area (Å²) in [6, 6.07) is 6.99. The Bertz CT molecular complexity index is 592. The lowest BCUT2D eigenvalue weighted by Gasteiger charge is -2.33. The second-order valence-corrected chi connectivity index (χ2v) is 6.48. The number of nitrogens with zero attached hydrogens (tertiary/aromatic N) is 1. The third-order valence-corrected chi connectivity index (χ3v) is 5.04. The Balaban J connectivity index is 1.72. The summed E-state index contributed by atoms with van der Waals surface area (Å²) in [5, 5.41) is 1.39. The van der Waals surface area contributed by atoms with Crippen molar-refractivity contribution in [2.24, 2.45) is 11.7 Å². The first-order chi connectivity index (χ1) is 10.2. The summed E-state index contributed by atoms with van der Waals surface area (Å²) in [6.07, 6.45) is 5.75. The van der Waals surface area contributed by atoms with Crippen molar-refractivity contribution in [2.45, 2.75) is 45.7 Å². The molecular formula is C18H27N3. The van der Waals surface area contributed by atoms with Crippen molar-refractivity contribution in [2.75, 3.05) is 13.1 Å². The van der Waals surface area contributed by atoms with E-state index >= 15 is 0 Å². The van der Waals surface area contributed by atoms with E-state index in [9.17, 15) is 0 Å². The number of likely N-dealkylation sites (tertiary alicyclic amines) is 1. The predicted molar refractivity (Wildman–Crippen MR) is 89.3 cm³/mol. The number of aryl methyl sites for hydroxylation is 1. The number of benzene rings is 1. The van der Waals surface area contributed by atoms with Crippen molar-refractivity contribution in [3.63, 3.8) is 0 Å². The van der Waals surface area contributed by atoms with Crippen molar-refractivity contribution in [1.29, 1.82) is 0 Å². The number of nitrogens with two attached hydrogens (primary N) is 1. The molecule has 114 valence electrons. The van der Waals surface area contributed by atoms with E-state index in [1.165, 1.54) is 48.0 Å². The van der Waals surface area contributed by atoms with E-state index in [1.807, 2.05) is 0 Å². The summed E-state index contributed by atoms with van der Waals surface area (Å²) in [7, 11) is 0. The molecule has 1 saturated heterocycles. The molecule has 1 aliphatic rings. The average molecular weight is 285 g/mol. The number of aromatic nitrogens is 1. The van der Waals surface area contributed by atoms with Crippen LogP contribution >= 0.6 is 0 Å². The van der Waals surface area contributed by atoms with Crippen molar-refractivity contribution in [1.82, 2.24) is 9.88 Å². The standard InChI is InChI=1S/C18H27N3/c1-3-14-5-4-6-17-16(11-20-18(14)17)12-21-9-7-15(8-10-21)13(2)19/h4-6,11,13,15,20H,3,7-10,12,19H2,1-2H3. The summed E-state index contributed by atoms with van der Waals surface area (Å²) >= 11 is 0. The molecular weight excluding hydrogens is 258 g/mol. The average Bonchev–Trinajstić information content (AvgIpc) is 2.91. The molecule has 0 aliphatic carbocycles. The van der Waals surface area contributed by atoms with Crippen LogP contribution in [0.25, 0.3) is 10.9 Å². The quantitative estimate of drug-likeness (QED) is 0.905. The van der Waals surface area contributed by atoms with Gasteiger partial charge in [0.25, 0.3) is 0 Å². The molecule has 1 unspecified atom stereocenters. The molecule has 3 rings (SSSR count). The lowest BCUT2D eigenvalue weighted by atomic mass is 9.91. The first-order valence-corrected chi connectivity index (χ1v) is 8.24. The van der Waals surface area contributed by atoms with Crippen LogP contribution in [-0.2, 0) is 13.0 Å². The normalized spacial score (nSPS) is 19.2. The Morgan fingerprint density at radius 1 is 1.29 bits per heavy atom. The van der Waals surface area contributed by atoms with Gasteiger partial charge in [-0.25, -0.2) is 0 Å². The van der Waals surface area contributed by atoms with Gasteiger partial charge in [0.2, 0.25) is 0 Å². The maximum Gasteiger partial charge on any atom is 0.0489 e. The van der Waals surface area contributed by atoms with Crippen molar-refractivity contribution >= 4 is 10.9 Å². The molecule has 0 spiro atoms. The number of H-pyrrole nitrogens is 1. The van der Waals surface area contributed by atoms with Crippen LogP contribution in [0.5, 0.6) is 0 Å². The van der Waals surface area contributed by atoms with Gasteiger partial charge in [-0.05, 0) is 56.3 Å². The van der Waals surface area contributed by atoms with Crippen LogP contribution in [0.4, 0.5) is 0 Å². The first-order valence-electron chi connectivity index (χ1n) is 8.24. The number of fused-ring (bicyclic) bond motifs is 1. The molecule has 1 aliphatic heterocycles. The van der Waals surface area contributed by atoms with Gasteiger partial charge in [0.05, 0.1) is 0 Å². The van der Waals surface area contributed by atoms with Crippen molar-refractivity contribution in [3.05, 3.63) is 35.5 Å². The molecule has 0 radical (unpaired) electrons. The highest BCUT2D eigenvalue weighted by Crippen LogP contribution is 2.26. The minimum atomic E-state index is 0.340. The molecule has 3 nitrogen and oxygen atoms in total. The number of rotatable bonds is 4. The molecule has 21 heavy (non-hydrogen) atoms. The van der Waals surface area contributed by atoms with Gasteiger partial charge in [-0.1, -0.05) is 25.1 Å². The van der Waals surface area contributed by atoms with Gasteiger partial charge in [-0.2, -0.15) is 0 Å². The van der Waals surface area contributed by atoms with Gasteiger partial charge < -0.3 is 10.7 Å². The van der Waals surface area contributed by atoms with E-state index in [1.54, 1.807) is 0 Å². The van der Waals surface area contributed by atoms with Crippen LogP contribution in [0.2, 0.25) is 0 Å². The lowest BCUT2D eigenvalue weighted by Crippen LogP contribution is -2.39. The Labute approximate surface area is 127 Å². The minimum absolute atomic E-state index is 0.340. The number of hydrogen-bond donors (Lipinski definition) is 2. The monoisotopic (exact) mass is 285 g/mol. The topological polar surface area (TPSA) is 45.0 Å². The number of para-hydroxylation sites is 1. The molecule has 0 bridgehead atoms. The van der Waals surface area contributed by atoms with E-state index in [4.69, 9.17) is 5.73 Å². The zero-order valence-electron chi connectivity index (χ0n) is 13.2. The number of aromatic amines is 1. The minimum Gasteiger partial charge on any atom is -0.361 e. The fourth-order valence-electron chi connectivity index (χ4n) is 3.58. The summed E-state index contributed by atoms with van der Waals surface area (Å²) in [4.78, 5) is 6.05. The van der Waals surface area contributed by atoms with Crippen LogP contribution in [-0.4, -0.2) is 29.0 Å². The summed E-state index contributed by atoms with van der Waals surface area (Å²) in [5.74, 6) is 0.705. The summed E-state index contributed by atoms with van der Waals surface area (Å²) in [5.41, 5.74) is 10.2. The second-order valence-electron chi connectivity index (χ2n) is 6.48. The Morgan fingerprint density at radius 2 is 2.05 bits per heavy atom. The van der Waals surface area contributed by atoms with E-state index in [0.717, 1.165) is 13.0 Å². The molecule has 2 heterocycles. The third-order valence-electron chi connectivity index (χ3n) is 5.04. The molecule has 1 aromatic carbocycles. The highest BCUT2D eigenvalue weighted by atomic mass is 15.1. The maximum absolute atomic E-state index is 6.03. The predicted octanol–water partition coefficient (Wildman–Crippen LogP) is 3.29. The van der Waals surface area contributed by atoms with Crippen molar-refractivity contribution < 1.29 is 0 Å². The van der Waals surface area contributed by atoms with Crippen LogP contribution in [0.15, 0.2) is 24.4 Å². The highest BCUT2D eigenvalue weighted by Gasteiger charge is 2.22. The highest BCUT2D eigenvalue weighted by molar-refractivity contribution is 5.86. The molecule has 0 saturated carbocycles. The van der Waals surface area contributed by atoms with Gasteiger partial charge in [0, 0.05) is 29.7 Å². The van der Waals surface area contributed by atoms with Gasteiger partial charge >= 0.3 is 0 Å².